The summed E-state index contributed by atoms with van der Waals surface area (Å²) in [4.78, 5) is 52.3. The third kappa shape index (κ3) is 6.76. The number of carbonyl (C=O) groups excluding carboxylic acids is 3. The van der Waals surface area contributed by atoms with E-state index in [2.05, 4.69) is 20.6 Å². The van der Waals surface area contributed by atoms with Gasteiger partial charge in [-0.1, -0.05) is 72.8 Å². The fourth-order valence-electron chi connectivity index (χ4n) is 5.89. The zero-order chi connectivity index (χ0) is 34.5. The third-order valence-electron chi connectivity index (χ3n) is 8.36. The van der Waals surface area contributed by atoms with Crippen molar-refractivity contribution in [3.8, 4) is 5.88 Å². The van der Waals surface area contributed by atoms with E-state index in [0.717, 1.165) is 27.2 Å². The molecule has 1 aliphatic heterocycles. The second kappa shape index (κ2) is 14.1. The molecule has 246 valence electrons. The molecule has 1 aliphatic rings. The number of aromatic hydroxyl groups is 1. The molecule has 0 bridgehead atoms. The number of rotatable bonds is 10. The van der Waals surface area contributed by atoms with Gasteiger partial charge in [-0.2, -0.15) is 0 Å². The normalized spacial score (nSPS) is 14.0. The predicted molar refractivity (Wildman–Crippen MR) is 193 cm³/mol. The van der Waals surface area contributed by atoms with Crippen LogP contribution in [0.3, 0.4) is 0 Å². The van der Waals surface area contributed by atoms with E-state index >= 15 is 0 Å². The summed E-state index contributed by atoms with van der Waals surface area (Å²) in [6, 6.07) is 34.7. The molecule has 3 heterocycles. The molecule has 0 aliphatic carbocycles. The monoisotopic (exact) mass is 660 g/mol. The number of nitrogens with one attached hydrogen (secondary N) is 3. The number of anilines is 1. The quantitative estimate of drug-likeness (QED) is 0.0768. The summed E-state index contributed by atoms with van der Waals surface area (Å²) in [7, 11) is 0. The van der Waals surface area contributed by atoms with Crippen molar-refractivity contribution in [2.75, 3.05) is 11.4 Å². The van der Waals surface area contributed by atoms with E-state index in [9.17, 15) is 19.5 Å². The highest BCUT2D eigenvalue weighted by atomic mass is 16.3. The first kappa shape index (κ1) is 31.8. The van der Waals surface area contributed by atoms with Gasteiger partial charge < -0.3 is 20.7 Å². The Kier molecular flexibility index (Phi) is 8.97. The third-order valence-corrected chi connectivity index (χ3v) is 8.36. The second-order valence-electron chi connectivity index (χ2n) is 11.7. The van der Waals surface area contributed by atoms with Gasteiger partial charge >= 0.3 is 6.03 Å². The maximum absolute atomic E-state index is 13.2. The van der Waals surface area contributed by atoms with E-state index in [1.54, 1.807) is 67.0 Å². The number of imide groups is 1. The number of H-pyrrole nitrogens is 1. The van der Waals surface area contributed by atoms with Crippen LogP contribution in [0.5, 0.6) is 5.88 Å². The van der Waals surface area contributed by atoms with Crippen LogP contribution in [0.1, 0.15) is 38.2 Å². The molecule has 4 amide bonds. The number of aromatic amines is 1. The van der Waals surface area contributed by atoms with Crippen molar-refractivity contribution in [1.82, 2.24) is 20.6 Å². The Balaban J connectivity index is 1.14. The minimum atomic E-state index is -0.528. The smallest absolute Gasteiger partial charge is 0.333 e. The van der Waals surface area contributed by atoms with E-state index in [-0.39, 0.29) is 17.5 Å². The zero-order valence-electron chi connectivity index (χ0n) is 26.8. The largest absolute Gasteiger partial charge is 0.494 e. The number of aromatic nitrogens is 2. The van der Waals surface area contributed by atoms with Crippen molar-refractivity contribution in [3.63, 3.8) is 0 Å². The molecule has 0 radical (unpaired) electrons. The minimum absolute atomic E-state index is 0.0550. The number of urea groups is 1. The van der Waals surface area contributed by atoms with Gasteiger partial charge in [-0.15, -0.1) is 0 Å². The summed E-state index contributed by atoms with van der Waals surface area (Å²) in [6.07, 6.45) is 5.34. The van der Waals surface area contributed by atoms with Gasteiger partial charge in [0.05, 0.1) is 17.0 Å². The van der Waals surface area contributed by atoms with Crippen LogP contribution in [-0.2, 0) is 17.8 Å². The van der Waals surface area contributed by atoms with Crippen LogP contribution in [0.25, 0.3) is 17.0 Å². The summed E-state index contributed by atoms with van der Waals surface area (Å²) < 4.78 is 0. The lowest BCUT2D eigenvalue weighted by atomic mass is 9.99. The van der Waals surface area contributed by atoms with Crippen molar-refractivity contribution in [1.29, 1.82) is 0 Å². The Morgan fingerprint density at radius 2 is 1.58 bits per heavy atom. The van der Waals surface area contributed by atoms with Gasteiger partial charge in [0.2, 0.25) is 0 Å². The number of pyridine rings is 1. The first-order valence-corrected chi connectivity index (χ1v) is 16.1. The molecule has 2 aromatic heterocycles. The van der Waals surface area contributed by atoms with Gasteiger partial charge in [0, 0.05) is 47.5 Å². The van der Waals surface area contributed by atoms with Crippen LogP contribution in [-0.4, -0.2) is 45.2 Å². The summed E-state index contributed by atoms with van der Waals surface area (Å²) >= 11 is 0. The summed E-state index contributed by atoms with van der Waals surface area (Å²) in [5.41, 5.74) is 6.20. The molecule has 50 heavy (non-hydrogen) atoms. The molecule has 0 atom stereocenters. The fourth-order valence-corrected chi connectivity index (χ4v) is 5.89. The lowest BCUT2D eigenvalue weighted by Crippen LogP contribution is -2.30. The molecule has 10 nitrogen and oxygen atoms in total. The summed E-state index contributed by atoms with van der Waals surface area (Å²) in [5.74, 6) is -0.734. The molecule has 7 rings (SSSR count). The SMILES string of the molecule is O=C(NCc1ccccc1)c1ccc2[nH]c(O)c(C(=NCCc3cccc(N4C(=O)N/C(=C\c5ccncc5)C4=O)c3)c3ccccc3)c2c1. The number of fused-ring (bicyclic) bond motifs is 1. The van der Waals surface area contributed by atoms with E-state index in [0.29, 0.717) is 52.9 Å². The van der Waals surface area contributed by atoms with Gasteiger partial charge in [-0.3, -0.25) is 19.6 Å². The van der Waals surface area contributed by atoms with E-state index in [1.807, 2.05) is 66.7 Å². The Labute approximate surface area is 287 Å². The van der Waals surface area contributed by atoms with Gasteiger partial charge in [-0.05, 0) is 71.7 Å². The first-order valence-electron chi connectivity index (χ1n) is 16.1. The van der Waals surface area contributed by atoms with E-state index in [1.165, 1.54) is 0 Å². The van der Waals surface area contributed by atoms with Crippen LogP contribution in [0.15, 0.2) is 138 Å². The Morgan fingerprint density at radius 1 is 0.840 bits per heavy atom. The number of hydrogen-bond donors (Lipinski definition) is 4. The number of hydrogen-bond acceptors (Lipinski definition) is 6. The van der Waals surface area contributed by atoms with Crippen LogP contribution in [0.4, 0.5) is 10.5 Å². The molecule has 0 spiro atoms. The Hall–Kier alpha value is -6.81. The molecule has 0 unspecified atom stereocenters. The molecular formula is C40H32N6O4. The van der Waals surface area contributed by atoms with Gasteiger partial charge in [0.1, 0.15) is 5.70 Å². The lowest BCUT2D eigenvalue weighted by Gasteiger charge is -2.13. The topological polar surface area (TPSA) is 140 Å². The van der Waals surface area contributed by atoms with Crippen molar-refractivity contribution >= 4 is 46.2 Å². The maximum atomic E-state index is 13.2. The molecule has 10 heteroatoms. The Bertz CT molecular complexity index is 2260. The number of nitrogens with zero attached hydrogens (tertiary/aromatic N) is 3. The average molecular weight is 661 g/mol. The van der Waals surface area contributed by atoms with Gasteiger partial charge in [-0.25, -0.2) is 9.69 Å². The molecular weight excluding hydrogens is 628 g/mol. The molecule has 4 N–H and O–H groups in total. The number of benzene rings is 4. The molecule has 4 aromatic carbocycles. The van der Waals surface area contributed by atoms with Gasteiger partial charge in [0.15, 0.2) is 5.88 Å². The van der Waals surface area contributed by atoms with E-state index < -0.39 is 11.9 Å². The number of aliphatic imine (C=N–C) groups is 1. The summed E-state index contributed by atoms with van der Waals surface area (Å²) in [5, 5.41) is 17.5. The van der Waals surface area contributed by atoms with Crippen molar-refractivity contribution < 1.29 is 19.5 Å². The van der Waals surface area contributed by atoms with Crippen molar-refractivity contribution in [3.05, 3.63) is 167 Å². The highest BCUT2D eigenvalue weighted by molar-refractivity contribution is 6.28. The van der Waals surface area contributed by atoms with Crippen molar-refractivity contribution in [2.45, 2.75) is 13.0 Å². The number of amides is 4. The zero-order valence-corrected chi connectivity index (χ0v) is 26.8. The van der Waals surface area contributed by atoms with E-state index in [4.69, 9.17) is 4.99 Å². The molecule has 1 saturated heterocycles. The molecule has 1 fully saturated rings. The maximum Gasteiger partial charge on any atom is 0.333 e. The Morgan fingerprint density at radius 3 is 2.36 bits per heavy atom. The van der Waals surface area contributed by atoms with Crippen molar-refractivity contribution in [2.24, 2.45) is 4.99 Å². The highest BCUT2D eigenvalue weighted by Crippen LogP contribution is 2.31. The average Bonchev–Trinajstić information content (AvgIpc) is 3.62. The predicted octanol–water partition coefficient (Wildman–Crippen LogP) is 6.38. The first-order chi connectivity index (χ1) is 24.4. The van der Waals surface area contributed by atoms with Crippen LogP contribution in [0, 0.1) is 0 Å². The highest BCUT2D eigenvalue weighted by Gasteiger charge is 2.35. The van der Waals surface area contributed by atoms with Gasteiger partial charge in [0.25, 0.3) is 11.8 Å². The lowest BCUT2D eigenvalue weighted by molar-refractivity contribution is -0.113. The van der Waals surface area contributed by atoms with Crippen LogP contribution >= 0.6 is 0 Å². The second-order valence-corrected chi connectivity index (χ2v) is 11.7. The van der Waals surface area contributed by atoms with Crippen LogP contribution < -0.4 is 15.5 Å². The summed E-state index contributed by atoms with van der Waals surface area (Å²) in [6.45, 7) is 0.728. The molecule has 6 aromatic rings. The fraction of sp³-hybridized carbons (Fsp3) is 0.0750. The molecule has 0 saturated carbocycles. The minimum Gasteiger partial charge on any atom is -0.494 e. The number of carbonyl (C=O) groups is 3. The standard InChI is InChI=1S/C40H32N6O4/c47-37(43-25-28-8-3-1-4-9-28)30-14-15-33-32(24-30)35(38(48)44-33)36(29-11-5-2-6-12-29)42-21-18-26-10-7-13-31(22-26)46-39(49)34(45-40(46)50)23-27-16-19-41-20-17-27/h1-17,19-20,22-24,44,48H,18,21,25H2,(H,43,47)(H,45,50)/b34-23-,42-36?. The van der Waals surface area contributed by atoms with Crippen LogP contribution in [0.2, 0.25) is 0 Å².